The van der Waals surface area contributed by atoms with Crippen LogP contribution in [0.3, 0.4) is 0 Å². The van der Waals surface area contributed by atoms with Crippen LogP contribution in [0.25, 0.3) is 0 Å². The Morgan fingerprint density at radius 3 is 2.20 bits per heavy atom. The molecule has 20 heavy (non-hydrogen) atoms. The molecule has 0 aliphatic rings. The normalized spacial score (nSPS) is 11.7. The number of primary amides is 1. The number of aryl methyl sites for hydroxylation is 1. The van der Waals surface area contributed by atoms with Crippen molar-refractivity contribution in [3.8, 4) is 5.75 Å². The minimum Gasteiger partial charge on any atom is -0.497 e. The van der Waals surface area contributed by atoms with E-state index in [1.165, 1.54) is 0 Å². The van der Waals surface area contributed by atoms with Gasteiger partial charge in [-0.2, -0.15) is 0 Å². The molecule has 1 amide bonds. The van der Waals surface area contributed by atoms with Crippen LogP contribution in [0.4, 0.5) is 5.69 Å². The Bertz CT molecular complexity index is 576. The van der Waals surface area contributed by atoms with E-state index in [0.717, 1.165) is 22.6 Å². The van der Waals surface area contributed by atoms with Gasteiger partial charge in [0.1, 0.15) is 11.8 Å². The Morgan fingerprint density at radius 2 is 1.70 bits per heavy atom. The lowest BCUT2D eigenvalue weighted by molar-refractivity contribution is -0.118. The summed E-state index contributed by atoms with van der Waals surface area (Å²) in [5.41, 5.74) is 8.29. The predicted octanol–water partition coefficient (Wildman–Crippen LogP) is 2.64. The van der Waals surface area contributed by atoms with E-state index < -0.39 is 11.9 Å². The second-order valence-electron chi connectivity index (χ2n) is 4.62. The number of methoxy groups -OCH3 is 1. The molecule has 0 aliphatic heterocycles. The van der Waals surface area contributed by atoms with E-state index in [1.807, 2.05) is 55.5 Å². The van der Waals surface area contributed by atoms with Gasteiger partial charge in [-0.3, -0.25) is 4.79 Å². The predicted molar refractivity (Wildman–Crippen MR) is 79.7 cm³/mol. The Balaban J connectivity index is 2.20. The van der Waals surface area contributed by atoms with Crippen molar-refractivity contribution in [2.45, 2.75) is 13.0 Å². The molecule has 1 atom stereocenters. The van der Waals surface area contributed by atoms with E-state index >= 15 is 0 Å². The minimum absolute atomic E-state index is 0.412. The summed E-state index contributed by atoms with van der Waals surface area (Å²) < 4.78 is 5.10. The molecule has 0 saturated heterocycles. The molecule has 0 heterocycles. The third-order valence-corrected chi connectivity index (χ3v) is 3.10. The summed E-state index contributed by atoms with van der Waals surface area (Å²) >= 11 is 0. The van der Waals surface area contributed by atoms with Gasteiger partial charge in [0, 0.05) is 5.69 Å². The van der Waals surface area contributed by atoms with Crippen LogP contribution in [0.2, 0.25) is 0 Å². The number of hydrogen-bond donors (Lipinski definition) is 2. The first-order valence-corrected chi connectivity index (χ1v) is 6.36. The van der Waals surface area contributed by atoms with Crippen LogP contribution < -0.4 is 15.8 Å². The van der Waals surface area contributed by atoms with Crippen molar-refractivity contribution >= 4 is 11.6 Å². The first kappa shape index (κ1) is 13.9. The van der Waals surface area contributed by atoms with Crippen LogP contribution in [-0.4, -0.2) is 13.0 Å². The number of carbonyl (C=O) groups is 1. The number of anilines is 1. The van der Waals surface area contributed by atoms with Gasteiger partial charge in [0.25, 0.3) is 0 Å². The SMILES string of the molecule is COc1ccc(NC(C(N)=O)c2ccc(C)cc2)cc1. The Kier molecular flexibility index (Phi) is 4.25. The van der Waals surface area contributed by atoms with E-state index in [-0.39, 0.29) is 0 Å². The van der Waals surface area contributed by atoms with Gasteiger partial charge in [0.2, 0.25) is 5.91 Å². The van der Waals surface area contributed by atoms with Crippen molar-refractivity contribution in [1.82, 2.24) is 0 Å². The van der Waals surface area contributed by atoms with E-state index in [1.54, 1.807) is 7.11 Å². The fraction of sp³-hybridized carbons (Fsp3) is 0.188. The van der Waals surface area contributed by atoms with Gasteiger partial charge in [-0.1, -0.05) is 29.8 Å². The molecule has 0 saturated carbocycles. The van der Waals surface area contributed by atoms with Crippen LogP contribution in [0.15, 0.2) is 48.5 Å². The molecule has 4 nitrogen and oxygen atoms in total. The van der Waals surface area contributed by atoms with Gasteiger partial charge in [-0.05, 0) is 36.8 Å². The van der Waals surface area contributed by atoms with E-state index in [2.05, 4.69) is 5.32 Å². The number of rotatable bonds is 5. The number of nitrogens with two attached hydrogens (primary N) is 1. The molecular formula is C16H18N2O2. The van der Waals surface area contributed by atoms with Gasteiger partial charge in [0.15, 0.2) is 0 Å². The maximum Gasteiger partial charge on any atom is 0.244 e. The fourth-order valence-corrected chi connectivity index (χ4v) is 1.93. The highest BCUT2D eigenvalue weighted by Gasteiger charge is 2.17. The molecule has 2 rings (SSSR count). The zero-order chi connectivity index (χ0) is 14.5. The number of benzene rings is 2. The third kappa shape index (κ3) is 3.29. The molecule has 0 bridgehead atoms. The average molecular weight is 270 g/mol. The lowest BCUT2D eigenvalue weighted by Crippen LogP contribution is -2.27. The standard InChI is InChI=1S/C16H18N2O2/c1-11-3-5-12(6-4-11)15(16(17)19)18-13-7-9-14(20-2)10-8-13/h3-10,15,18H,1-2H3,(H2,17,19). The molecular weight excluding hydrogens is 252 g/mol. The van der Waals surface area contributed by atoms with E-state index in [4.69, 9.17) is 10.5 Å². The first-order chi connectivity index (χ1) is 9.60. The van der Waals surface area contributed by atoms with Gasteiger partial charge in [-0.25, -0.2) is 0 Å². The summed E-state index contributed by atoms with van der Waals surface area (Å²) in [5, 5.41) is 3.14. The van der Waals surface area contributed by atoms with Crippen molar-refractivity contribution in [3.05, 3.63) is 59.7 Å². The molecule has 0 radical (unpaired) electrons. The number of amides is 1. The topological polar surface area (TPSA) is 64.3 Å². The highest BCUT2D eigenvalue weighted by atomic mass is 16.5. The molecule has 0 spiro atoms. The first-order valence-electron chi connectivity index (χ1n) is 6.36. The molecule has 0 fully saturated rings. The second kappa shape index (κ2) is 6.10. The van der Waals surface area contributed by atoms with Crippen molar-refractivity contribution in [2.75, 3.05) is 12.4 Å². The smallest absolute Gasteiger partial charge is 0.244 e. The molecule has 2 aromatic carbocycles. The molecule has 2 aromatic rings. The fourth-order valence-electron chi connectivity index (χ4n) is 1.93. The van der Waals surface area contributed by atoms with E-state index in [9.17, 15) is 4.79 Å². The maximum absolute atomic E-state index is 11.6. The van der Waals surface area contributed by atoms with Crippen LogP contribution in [0.5, 0.6) is 5.75 Å². The zero-order valence-electron chi connectivity index (χ0n) is 11.6. The van der Waals surface area contributed by atoms with Crippen molar-refractivity contribution in [3.63, 3.8) is 0 Å². The summed E-state index contributed by atoms with van der Waals surface area (Å²) in [6.45, 7) is 2.00. The lowest BCUT2D eigenvalue weighted by atomic mass is 10.0. The number of carbonyl (C=O) groups excluding carboxylic acids is 1. The number of ether oxygens (including phenoxy) is 1. The number of nitrogens with one attached hydrogen (secondary N) is 1. The Morgan fingerprint density at radius 1 is 1.10 bits per heavy atom. The second-order valence-corrected chi connectivity index (χ2v) is 4.62. The summed E-state index contributed by atoms with van der Waals surface area (Å²) in [6, 6.07) is 14.5. The van der Waals surface area contributed by atoms with Crippen molar-refractivity contribution in [2.24, 2.45) is 5.73 Å². The van der Waals surface area contributed by atoms with Crippen molar-refractivity contribution < 1.29 is 9.53 Å². The highest BCUT2D eigenvalue weighted by Crippen LogP contribution is 2.22. The summed E-state index contributed by atoms with van der Waals surface area (Å²) in [7, 11) is 1.61. The maximum atomic E-state index is 11.6. The van der Waals surface area contributed by atoms with Gasteiger partial charge >= 0.3 is 0 Å². The molecule has 1 unspecified atom stereocenters. The van der Waals surface area contributed by atoms with Crippen LogP contribution in [0, 0.1) is 6.92 Å². The zero-order valence-corrected chi connectivity index (χ0v) is 11.6. The van der Waals surface area contributed by atoms with Crippen LogP contribution in [-0.2, 0) is 4.79 Å². The van der Waals surface area contributed by atoms with Crippen molar-refractivity contribution in [1.29, 1.82) is 0 Å². The Labute approximate surface area is 118 Å². The van der Waals surface area contributed by atoms with Gasteiger partial charge in [-0.15, -0.1) is 0 Å². The van der Waals surface area contributed by atoms with E-state index in [0.29, 0.717) is 0 Å². The molecule has 104 valence electrons. The summed E-state index contributed by atoms with van der Waals surface area (Å²) in [4.78, 5) is 11.6. The summed E-state index contributed by atoms with van der Waals surface area (Å²) in [6.07, 6.45) is 0. The van der Waals surface area contributed by atoms with Crippen LogP contribution in [0.1, 0.15) is 17.2 Å². The quantitative estimate of drug-likeness (QED) is 0.877. The molecule has 0 aliphatic carbocycles. The Hall–Kier alpha value is -2.49. The molecule has 4 heteroatoms. The third-order valence-electron chi connectivity index (χ3n) is 3.10. The average Bonchev–Trinajstić information content (AvgIpc) is 2.46. The largest absolute Gasteiger partial charge is 0.497 e. The highest BCUT2D eigenvalue weighted by molar-refractivity contribution is 5.84. The molecule has 0 aromatic heterocycles. The van der Waals surface area contributed by atoms with Gasteiger partial charge < -0.3 is 15.8 Å². The lowest BCUT2D eigenvalue weighted by Gasteiger charge is -2.17. The number of hydrogen-bond acceptors (Lipinski definition) is 3. The van der Waals surface area contributed by atoms with Crippen LogP contribution >= 0.6 is 0 Å². The molecule has 3 N–H and O–H groups in total. The minimum atomic E-state index is -0.552. The van der Waals surface area contributed by atoms with Gasteiger partial charge in [0.05, 0.1) is 7.11 Å². The monoisotopic (exact) mass is 270 g/mol. The summed E-state index contributed by atoms with van der Waals surface area (Å²) in [5.74, 6) is 0.353.